The Morgan fingerprint density at radius 1 is 0.941 bits per heavy atom. The van der Waals surface area contributed by atoms with E-state index in [9.17, 15) is 0 Å². The first-order chi connectivity index (χ1) is 7.57. The highest BCUT2D eigenvalue weighted by molar-refractivity contribution is 5.44. The van der Waals surface area contributed by atoms with Gasteiger partial charge >= 0.3 is 0 Å². The van der Waals surface area contributed by atoms with Crippen LogP contribution in [-0.2, 0) is 17.4 Å². The third-order valence-corrected chi connectivity index (χ3v) is 3.41. The molecule has 0 radical (unpaired) electrons. The molecule has 0 unspecified atom stereocenters. The van der Waals surface area contributed by atoms with Crippen molar-refractivity contribution in [2.24, 2.45) is 5.73 Å². The predicted molar refractivity (Wildman–Crippen MR) is 76.5 cm³/mol. The lowest BCUT2D eigenvalue weighted by atomic mass is 9.77. The predicted octanol–water partition coefficient (Wildman–Crippen LogP) is 4.05. The van der Waals surface area contributed by atoms with Crippen LogP contribution in [0.15, 0.2) is 12.1 Å². The average molecular weight is 233 g/mol. The Hall–Kier alpha value is -0.820. The molecular formula is C16H27N. The molecule has 96 valence electrons. The highest BCUT2D eigenvalue weighted by Gasteiger charge is 2.22. The molecule has 1 rings (SSSR count). The molecule has 0 aliphatic rings. The van der Waals surface area contributed by atoms with Crippen LogP contribution in [0.2, 0.25) is 0 Å². The quantitative estimate of drug-likeness (QED) is 0.778. The average Bonchev–Trinajstić information content (AvgIpc) is 2.14. The molecule has 1 heteroatoms. The molecule has 0 aliphatic carbocycles. The van der Waals surface area contributed by atoms with Crippen molar-refractivity contribution < 1.29 is 0 Å². The molecule has 0 aliphatic heterocycles. The fourth-order valence-corrected chi connectivity index (χ4v) is 2.20. The molecular weight excluding hydrogens is 206 g/mol. The Kier molecular flexibility index (Phi) is 3.73. The fourth-order valence-electron chi connectivity index (χ4n) is 2.20. The third-order valence-electron chi connectivity index (χ3n) is 3.41. The lowest BCUT2D eigenvalue weighted by Gasteiger charge is -2.28. The molecule has 1 aromatic rings. The van der Waals surface area contributed by atoms with E-state index in [0.29, 0.717) is 6.54 Å². The second-order valence-corrected chi connectivity index (χ2v) is 7.01. The second kappa shape index (κ2) is 4.45. The van der Waals surface area contributed by atoms with Crippen LogP contribution in [0.5, 0.6) is 0 Å². The minimum Gasteiger partial charge on any atom is -0.326 e. The number of rotatable bonds is 1. The highest BCUT2D eigenvalue weighted by Crippen LogP contribution is 2.33. The maximum atomic E-state index is 5.87. The van der Waals surface area contributed by atoms with Gasteiger partial charge in [0.1, 0.15) is 0 Å². The minimum absolute atomic E-state index is 0.176. The van der Waals surface area contributed by atoms with Crippen molar-refractivity contribution in [3.63, 3.8) is 0 Å². The van der Waals surface area contributed by atoms with Crippen LogP contribution < -0.4 is 5.73 Å². The van der Waals surface area contributed by atoms with Gasteiger partial charge in [0.25, 0.3) is 0 Å². The summed E-state index contributed by atoms with van der Waals surface area (Å²) in [5, 5.41) is 0. The Bertz CT molecular complexity index is 403. The SMILES string of the molecule is Cc1c(CN)cc(C(C)(C)C)cc1C(C)(C)C. The Morgan fingerprint density at radius 2 is 1.47 bits per heavy atom. The molecule has 17 heavy (non-hydrogen) atoms. The molecule has 1 nitrogen and oxygen atoms in total. The van der Waals surface area contributed by atoms with E-state index in [-0.39, 0.29) is 10.8 Å². The van der Waals surface area contributed by atoms with E-state index in [1.807, 2.05) is 0 Å². The van der Waals surface area contributed by atoms with Crippen molar-refractivity contribution in [2.75, 3.05) is 0 Å². The zero-order chi connectivity index (χ0) is 13.4. The van der Waals surface area contributed by atoms with Gasteiger partial charge in [-0.2, -0.15) is 0 Å². The lowest BCUT2D eigenvalue weighted by molar-refractivity contribution is 0.563. The van der Waals surface area contributed by atoms with E-state index in [1.165, 1.54) is 22.3 Å². The summed E-state index contributed by atoms with van der Waals surface area (Å²) >= 11 is 0. The van der Waals surface area contributed by atoms with Crippen LogP contribution in [0.1, 0.15) is 63.8 Å². The van der Waals surface area contributed by atoms with Gasteiger partial charge in [-0.25, -0.2) is 0 Å². The van der Waals surface area contributed by atoms with Crippen LogP contribution in [0.25, 0.3) is 0 Å². The van der Waals surface area contributed by atoms with Gasteiger partial charge < -0.3 is 5.73 Å². The molecule has 0 atom stereocenters. The zero-order valence-corrected chi connectivity index (χ0v) is 12.4. The largest absolute Gasteiger partial charge is 0.326 e. The van der Waals surface area contributed by atoms with Crippen LogP contribution in [0, 0.1) is 6.92 Å². The zero-order valence-electron chi connectivity index (χ0n) is 12.4. The summed E-state index contributed by atoms with van der Waals surface area (Å²) in [6.45, 7) is 16.4. The first-order valence-corrected chi connectivity index (χ1v) is 6.42. The maximum absolute atomic E-state index is 5.87. The molecule has 0 fully saturated rings. The van der Waals surface area contributed by atoms with Gasteiger partial charge in [0.05, 0.1) is 0 Å². The normalized spacial score (nSPS) is 12.9. The monoisotopic (exact) mass is 233 g/mol. The molecule has 0 bridgehead atoms. The van der Waals surface area contributed by atoms with E-state index in [1.54, 1.807) is 0 Å². The van der Waals surface area contributed by atoms with E-state index in [4.69, 9.17) is 5.73 Å². The molecule has 0 aromatic heterocycles. The van der Waals surface area contributed by atoms with Crippen molar-refractivity contribution >= 4 is 0 Å². The van der Waals surface area contributed by atoms with Gasteiger partial charge in [-0.3, -0.25) is 0 Å². The van der Waals surface area contributed by atoms with Crippen LogP contribution in [-0.4, -0.2) is 0 Å². The Balaban J connectivity index is 3.50. The van der Waals surface area contributed by atoms with Gasteiger partial charge in [-0.05, 0) is 40.0 Å². The second-order valence-electron chi connectivity index (χ2n) is 7.01. The summed E-state index contributed by atoms with van der Waals surface area (Å²) in [6.07, 6.45) is 0. The maximum Gasteiger partial charge on any atom is 0.0180 e. The summed E-state index contributed by atoms with van der Waals surface area (Å²) in [6, 6.07) is 4.62. The van der Waals surface area contributed by atoms with Crippen molar-refractivity contribution in [1.29, 1.82) is 0 Å². The third kappa shape index (κ3) is 3.10. The lowest BCUT2D eigenvalue weighted by Crippen LogP contribution is -2.19. The van der Waals surface area contributed by atoms with Crippen molar-refractivity contribution in [1.82, 2.24) is 0 Å². The topological polar surface area (TPSA) is 26.0 Å². The molecule has 0 saturated heterocycles. The van der Waals surface area contributed by atoms with Crippen molar-refractivity contribution in [2.45, 2.75) is 65.8 Å². The van der Waals surface area contributed by atoms with Gasteiger partial charge in [-0.1, -0.05) is 53.7 Å². The van der Waals surface area contributed by atoms with Crippen molar-refractivity contribution in [3.8, 4) is 0 Å². The van der Waals surface area contributed by atoms with Crippen molar-refractivity contribution in [3.05, 3.63) is 34.4 Å². The number of nitrogens with two attached hydrogens (primary N) is 1. The molecule has 2 N–H and O–H groups in total. The van der Waals surface area contributed by atoms with E-state index in [0.717, 1.165) is 0 Å². The van der Waals surface area contributed by atoms with E-state index >= 15 is 0 Å². The minimum atomic E-state index is 0.176. The van der Waals surface area contributed by atoms with Gasteiger partial charge in [0, 0.05) is 6.54 Å². The number of hydrogen-bond donors (Lipinski definition) is 1. The van der Waals surface area contributed by atoms with E-state index < -0.39 is 0 Å². The van der Waals surface area contributed by atoms with Crippen LogP contribution in [0.3, 0.4) is 0 Å². The summed E-state index contributed by atoms with van der Waals surface area (Å²) in [5.74, 6) is 0. The van der Waals surface area contributed by atoms with Gasteiger partial charge in [-0.15, -0.1) is 0 Å². The first kappa shape index (κ1) is 14.2. The number of hydrogen-bond acceptors (Lipinski definition) is 1. The molecule has 0 spiro atoms. The first-order valence-electron chi connectivity index (χ1n) is 6.42. The molecule has 0 saturated carbocycles. The fraction of sp³-hybridized carbons (Fsp3) is 0.625. The Labute approximate surface area is 106 Å². The summed E-state index contributed by atoms with van der Waals surface area (Å²) in [4.78, 5) is 0. The Morgan fingerprint density at radius 3 is 1.82 bits per heavy atom. The summed E-state index contributed by atoms with van der Waals surface area (Å²) in [7, 11) is 0. The molecule has 0 amide bonds. The summed E-state index contributed by atoms with van der Waals surface area (Å²) < 4.78 is 0. The molecule has 0 heterocycles. The highest BCUT2D eigenvalue weighted by atomic mass is 14.5. The molecule has 1 aromatic carbocycles. The number of benzene rings is 1. The van der Waals surface area contributed by atoms with Gasteiger partial charge in [0.15, 0.2) is 0 Å². The van der Waals surface area contributed by atoms with Gasteiger partial charge in [0.2, 0.25) is 0 Å². The summed E-state index contributed by atoms with van der Waals surface area (Å²) in [5.41, 5.74) is 11.7. The van der Waals surface area contributed by atoms with Crippen LogP contribution in [0.4, 0.5) is 0 Å². The van der Waals surface area contributed by atoms with Crippen LogP contribution >= 0.6 is 0 Å². The standard InChI is InChI=1S/C16H27N/c1-11-12(10-17)8-13(15(2,3)4)9-14(11)16(5,6)7/h8-9H,10,17H2,1-7H3. The smallest absolute Gasteiger partial charge is 0.0180 e. The van der Waals surface area contributed by atoms with E-state index in [2.05, 4.69) is 60.6 Å².